The second kappa shape index (κ2) is 5.05. The number of rotatable bonds is 0. The number of oxime groups is 1. The van der Waals surface area contributed by atoms with E-state index in [0.717, 1.165) is 11.7 Å². The van der Waals surface area contributed by atoms with E-state index >= 15 is 0 Å². The molecular formula is C11H21NO. The lowest BCUT2D eigenvalue weighted by molar-refractivity contribution is 0.215. The topological polar surface area (TPSA) is 21.6 Å². The third-order valence-corrected chi connectivity index (χ3v) is 1.16. The zero-order valence-electron chi connectivity index (χ0n) is 9.59. The van der Waals surface area contributed by atoms with Gasteiger partial charge in [-0.2, -0.15) is 0 Å². The van der Waals surface area contributed by atoms with Crippen molar-refractivity contribution >= 4 is 6.21 Å². The van der Waals surface area contributed by atoms with E-state index in [1.165, 1.54) is 0 Å². The summed E-state index contributed by atoms with van der Waals surface area (Å²) in [5.74, 6) is 1.71. The summed E-state index contributed by atoms with van der Waals surface area (Å²) in [6, 6.07) is 0. The van der Waals surface area contributed by atoms with Crippen molar-refractivity contribution in [1.29, 1.82) is 0 Å². The molecule has 1 aliphatic rings. The minimum Gasteiger partial charge on any atom is -0.362 e. The molecule has 0 bridgehead atoms. The molecule has 0 fully saturated rings. The Labute approximate surface area is 81.7 Å². The molecule has 0 atom stereocenters. The van der Waals surface area contributed by atoms with Crippen molar-refractivity contribution in [2.24, 2.45) is 16.5 Å². The Hall–Kier alpha value is -0.790. The molecule has 76 valence electrons. The van der Waals surface area contributed by atoms with Crippen molar-refractivity contribution < 1.29 is 4.84 Å². The van der Waals surface area contributed by atoms with Crippen molar-refractivity contribution in [2.45, 2.75) is 41.5 Å². The lowest BCUT2D eigenvalue weighted by Crippen LogP contribution is -2.13. The van der Waals surface area contributed by atoms with Crippen LogP contribution < -0.4 is 0 Å². The molecule has 0 N–H and O–H groups in total. The molecule has 0 aromatic rings. The Bertz CT molecular complexity index is 199. The molecular weight excluding hydrogens is 162 g/mol. The fourth-order valence-corrected chi connectivity index (χ4v) is 0.833. The van der Waals surface area contributed by atoms with Gasteiger partial charge in [-0.1, -0.05) is 39.8 Å². The molecule has 0 spiro atoms. The van der Waals surface area contributed by atoms with Crippen molar-refractivity contribution in [2.75, 3.05) is 0 Å². The quantitative estimate of drug-likeness (QED) is 0.562. The Morgan fingerprint density at radius 2 is 1.77 bits per heavy atom. The zero-order valence-corrected chi connectivity index (χ0v) is 9.59. The predicted molar refractivity (Wildman–Crippen MR) is 57.6 cm³/mol. The highest BCUT2D eigenvalue weighted by molar-refractivity contribution is 5.67. The molecule has 0 unspecified atom stereocenters. The van der Waals surface area contributed by atoms with Gasteiger partial charge in [0.25, 0.3) is 0 Å². The molecule has 2 nitrogen and oxygen atoms in total. The van der Waals surface area contributed by atoms with Crippen LogP contribution >= 0.6 is 0 Å². The first-order chi connectivity index (χ1) is 5.83. The summed E-state index contributed by atoms with van der Waals surface area (Å²) in [6.45, 7) is 12.6. The SMILES string of the molecule is CC(C)C.CC1=CC(C)(C)C=NO1. The van der Waals surface area contributed by atoms with E-state index in [1.54, 1.807) is 6.21 Å². The van der Waals surface area contributed by atoms with Gasteiger partial charge in [0, 0.05) is 5.41 Å². The van der Waals surface area contributed by atoms with Crippen LogP contribution in [0.5, 0.6) is 0 Å². The number of allylic oxidation sites excluding steroid dienone is 2. The molecule has 0 aliphatic carbocycles. The second-order valence-electron chi connectivity index (χ2n) is 4.63. The highest BCUT2D eigenvalue weighted by atomic mass is 16.6. The van der Waals surface area contributed by atoms with Crippen LogP contribution in [0.4, 0.5) is 0 Å². The summed E-state index contributed by atoms with van der Waals surface area (Å²) >= 11 is 0. The van der Waals surface area contributed by atoms with Crippen LogP contribution in [0.3, 0.4) is 0 Å². The van der Waals surface area contributed by atoms with Gasteiger partial charge in [-0.05, 0) is 18.9 Å². The number of hydrogen-bond acceptors (Lipinski definition) is 2. The first-order valence-electron chi connectivity index (χ1n) is 4.74. The number of nitrogens with zero attached hydrogens (tertiary/aromatic N) is 1. The van der Waals surface area contributed by atoms with Gasteiger partial charge in [0.05, 0.1) is 6.21 Å². The zero-order chi connectivity index (χ0) is 10.5. The van der Waals surface area contributed by atoms with Gasteiger partial charge in [0.15, 0.2) is 0 Å². The van der Waals surface area contributed by atoms with Crippen LogP contribution in [0.1, 0.15) is 41.5 Å². The third kappa shape index (κ3) is 7.57. The average Bonchev–Trinajstić information content (AvgIpc) is 1.81. The van der Waals surface area contributed by atoms with Crippen LogP contribution in [-0.2, 0) is 4.84 Å². The Kier molecular flexibility index (Phi) is 4.74. The van der Waals surface area contributed by atoms with Gasteiger partial charge in [-0.3, -0.25) is 0 Å². The molecule has 2 heteroatoms. The molecule has 1 rings (SSSR count). The maximum Gasteiger partial charge on any atom is 0.128 e. The van der Waals surface area contributed by atoms with E-state index in [1.807, 2.05) is 13.0 Å². The van der Waals surface area contributed by atoms with Gasteiger partial charge in [-0.15, -0.1) is 0 Å². The van der Waals surface area contributed by atoms with Crippen molar-refractivity contribution in [3.05, 3.63) is 11.8 Å². The van der Waals surface area contributed by atoms with Crippen molar-refractivity contribution in [3.8, 4) is 0 Å². The van der Waals surface area contributed by atoms with E-state index in [4.69, 9.17) is 4.84 Å². The standard InChI is InChI=1S/C7H11NO.C4H10/c1-6-4-7(2,3)5-8-9-6;1-4(2)3/h4-5H,1-3H3;4H,1-3H3. The fraction of sp³-hybridized carbons (Fsp3) is 0.727. The largest absolute Gasteiger partial charge is 0.362 e. The number of hydrogen-bond donors (Lipinski definition) is 0. The molecule has 1 heterocycles. The summed E-state index contributed by atoms with van der Waals surface area (Å²) in [5, 5.41) is 3.72. The minimum absolute atomic E-state index is 0.0718. The van der Waals surface area contributed by atoms with Crippen molar-refractivity contribution in [3.63, 3.8) is 0 Å². The van der Waals surface area contributed by atoms with Crippen molar-refractivity contribution in [1.82, 2.24) is 0 Å². The molecule has 0 saturated heterocycles. The monoisotopic (exact) mass is 183 g/mol. The van der Waals surface area contributed by atoms with E-state index in [0.29, 0.717) is 0 Å². The lowest BCUT2D eigenvalue weighted by atomic mass is 9.94. The van der Waals surface area contributed by atoms with Gasteiger partial charge in [-0.25, -0.2) is 0 Å². The second-order valence-corrected chi connectivity index (χ2v) is 4.63. The molecule has 1 aliphatic heterocycles. The minimum atomic E-state index is 0.0718. The molecule has 0 aromatic carbocycles. The normalized spacial score (nSPS) is 18.5. The average molecular weight is 183 g/mol. The van der Waals surface area contributed by atoms with Gasteiger partial charge >= 0.3 is 0 Å². The fourth-order valence-electron chi connectivity index (χ4n) is 0.833. The smallest absolute Gasteiger partial charge is 0.128 e. The summed E-state index contributed by atoms with van der Waals surface area (Å²) in [5.41, 5.74) is 0.0718. The Morgan fingerprint density at radius 3 is 2.00 bits per heavy atom. The maximum atomic E-state index is 4.84. The van der Waals surface area contributed by atoms with E-state index in [-0.39, 0.29) is 5.41 Å². The first kappa shape index (κ1) is 12.2. The third-order valence-electron chi connectivity index (χ3n) is 1.16. The summed E-state index contributed by atoms with van der Waals surface area (Å²) in [4.78, 5) is 4.84. The Morgan fingerprint density at radius 1 is 1.31 bits per heavy atom. The van der Waals surface area contributed by atoms with E-state index in [2.05, 4.69) is 39.8 Å². The van der Waals surface area contributed by atoms with Crippen LogP contribution in [-0.4, -0.2) is 6.21 Å². The first-order valence-corrected chi connectivity index (χ1v) is 4.74. The van der Waals surface area contributed by atoms with Gasteiger partial charge in [0.1, 0.15) is 5.76 Å². The predicted octanol–water partition coefficient (Wildman–Crippen LogP) is 3.59. The highest BCUT2D eigenvalue weighted by Gasteiger charge is 2.15. The highest BCUT2D eigenvalue weighted by Crippen LogP contribution is 2.20. The van der Waals surface area contributed by atoms with Crippen LogP contribution in [0.15, 0.2) is 17.0 Å². The lowest BCUT2D eigenvalue weighted by Gasteiger charge is -2.17. The summed E-state index contributed by atoms with van der Waals surface area (Å²) in [7, 11) is 0. The molecule has 0 radical (unpaired) electrons. The molecule has 0 aromatic heterocycles. The molecule has 0 amide bonds. The molecule has 0 saturated carbocycles. The van der Waals surface area contributed by atoms with Crippen LogP contribution in [0, 0.1) is 11.3 Å². The van der Waals surface area contributed by atoms with Gasteiger partial charge in [0.2, 0.25) is 0 Å². The van der Waals surface area contributed by atoms with Crippen LogP contribution in [0.25, 0.3) is 0 Å². The molecule has 13 heavy (non-hydrogen) atoms. The Balaban J connectivity index is 0.000000310. The summed E-state index contributed by atoms with van der Waals surface area (Å²) < 4.78 is 0. The van der Waals surface area contributed by atoms with E-state index in [9.17, 15) is 0 Å². The summed E-state index contributed by atoms with van der Waals surface area (Å²) in [6.07, 6.45) is 3.83. The van der Waals surface area contributed by atoms with Crippen LogP contribution in [0.2, 0.25) is 0 Å². The van der Waals surface area contributed by atoms with E-state index < -0.39 is 0 Å². The van der Waals surface area contributed by atoms with Gasteiger partial charge < -0.3 is 4.84 Å². The maximum absolute atomic E-state index is 4.84.